The van der Waals surface area contributed by atoms with Crippen LogP contribution in [-0.2, 0) is 22.5 Å². The molecule has 1 aromatic carbocycles. The number of anilines is 1. The van der Waals surface area contributed by atoms with Gasteiger partial charge in [-0.1, -0.05) is 0 Å². The van der Waals surface area contributed by atoms with Crippen molar-refractivity contribution in [2.75, 3.05) is 11.9 Å². The maximum absolute atomic E-state index is 14.9. The van der Waals surface area contributed by atoms with Gasteiger partial charge in [0.25, 0.3) is 5.91 Å². The van der Waals surface area contributed by atoms with Crippen LogP contribution in [0.25, 0.3) is 0 Å². The second-order valence-corrected chi connectivity index (χ2v) is 8.38. The first-order chi connectivity index (χ1) is 14.7. The molecule has 2 aromatic rings. The summed E-state index contributed by atoms with van der Waals surface area (Å²) in [5.41, 5.74) is -2.57. The topological polar surface area (TPSA) is 74.6 Å². The molecule has 32 heavy (non-hydrogen) atoms. The van der Waals surface area contributed by atoms with E-state index in [0.717, 1.165) is 13.1 Å². The van der Waals surface area contributed by atoms with Crippen LogP contribution in [-0.4, -0.2) is 40.6 Å². The lowest BCUT2D eigenvalue weighted by Crippen LogP contribution is -2.41. The highest BCUT2D eigenvalue weighted by atomic mass is 19.4. The summed E-state index contributed by atoms with van der Waals surface area (Å²) in [5, 5.41) is 5.80. The number of hydrogen-bond acceptors (Lipinski definition) is 5. The number of rotatable bonds is 5. The van der Waals surface area contributed by atoms with Gasteiger partial charge in [-0.15, -0.1) is 0 Å². The number of nitrogens with zero attached hydrogens (tertiary/aromatic N) is 2. The average Bonchev–Trinajstić information content (AvgIpc) is 3.11. The summed E-state index contributed by atoms with van der Waals surface area (Å²) in [7, 11) is 0.157. The van der Waals surface area contributed by atoms with Gasteiger partial charge in [-0.3, -0.25) is 9.48 Å². The largest absolute Gasteiger partial charge is 0.498 e. The van der Waals surface area contributed by atoms with Crippen molar-refractivity contribution in [1.29, 1.82) is 0 Å². The molecular weight excluding hydrogens is 433 g/mol. The third-order valence-electron chi connectivity index (χ3n) is 5.56. The van der Waals surface area contributed by atoms with Crippen molar-refractivity contribution >= 4 is 24.3 Å². The van der Waals surface area contributed by atoms with Gasteiger partial charge in [0.1, 0.15) is 17.3 Å². The summed E-state index contributed by atoms with van der Waals surface area (Å²) in [4.78, 5) is 12.6. The monoisotopic (exact) mass is 457 g/mol. The second kappa shape index (κ2) is 8.07. The van der Waals surface area contributed by atoms with Gasteiger partial charge in [0, 0.05) is 18.6 Å². The highest BCUT2D eigenvalue weighted by molar-refractivity contribution is 6.63. The van der Waals surface area contributed by atoms with Crippen LogP contribution in [0.4, 0.5) is 23.4 Å². The van der Waals surface area contributed by atoms with Crippen LogP contribution in [0.5, 0.6) is 5.75 Å². The highest BCUT2D eigenvalue weighted by Crippen LogP contribution is 2.37. The summed E-state index contributed by atoms with van der Waals surface area (Å²) in [6, 6.07) is 2.90. The van der Waals surface area contributed by atoms with E-state index in [1.165, 1.54) is 6.07 Å². The van der Waals surface area contributed by atoms with Gasteiger partial charge in [0.05, 0.1) is 23.4 Å². The van der Waals surface area contributed by atoms with Crippen molar-refractivity contribution in [2.24, 2.45) is 7.05 Å². The molecule has 0 spiro atoms. The zero-order valence-corrected chi connectivity index (χ0v) is 18.6. The molecule has 0 radical (unpaired) electrons. The Morgan fingerprint density at radius 2 is 1.78 bits per heavy atom. The van der Waals surface area contributed by atoms with E-state index in [4.69, 9.17) is 14.0 Å². The van der Waals surface area contributed by atoms with E-state index < -0.39 is 47.5 Å². The number of amides is 1. The zero-order valence-electron chi connectivity index (χ0n) is 18.6. The Kier molecular flexibility index (Phi) is 6.07. The molecule has 7 nitrogen and oxygen atoms in total. The number of halogens is 4. The van der Waals surface area contributed by atoms with Crippen LogP contribution in [0, 0.1) is 5.82 Å². The molecule has 1 N–H and O–H groups in total. The minimum absolute atomic E-state index is 0.162. The summed E-state index contributed by atoms with van der Waals surface area (Å²) in [6.07, 6.45) is -4.65. The van der Waals surface area contributed by atoms with Crippen LogP contribution < -0.4 is 15.5 Å². The highest BCUT2D eigenvalue weighted by Gasteiger charge is 2.52. The van der Waals surface area contributed by atoms with Gasteiger partial charge >= 0.3 is 13.3 Å². The minimum Gasteiger partial charge on any atom is -0.494 e. The number of alkyl halides is 3. The molecule has 1 fully saturated rings. The number of carbonyl (C=O) groups is 1. The summed E-state index contributed by atoms with van der Waals surface area (Å²) >= 11 is 0. The van der Waals surface area contributed by atoms with E-state index in [9.17, 15) is 22.4 Å². The van der Waals surface area contributed by atoms with Crippen molar-refractivity contribution in [3.8, 4) is 5.75 Å². The predicted octanol–water partition coefficient (Wildman–Crippen LogP) is 3.53. The number of aromatic nitrogens is 2. The van der Waals surface area contributed by atoms with E-state index in [1.807, 2.05) is 27.7 Å². The molecule has 3 rings (SSSR count). The molecule has 1 aliphatic rings. The first-order valence-corrected chi connectivity index (χ1v) is 9.90. The molecule has 1 amide bonds. The zero-order chi connectivity index (χ0) is 24.1. The Morgan fingerprint density at radius 3 is 2.28 bits per heavy atom. The molecular formula is C20H24BF4N3O4. The fourth-order valence-corrected chi connectivity index (χ4v) is 3.15. The van der Waals surface area contributed by atoms with E-state index in [-0.39, 0.29) is 23.6 Å². The lowest BCUT2D eigenvalue weighted by atomic mass is 9.77. The quantitative estimate of drug-likeness (QED) is 0.550. The van der Waals surface area contributed by atoms with Crippen molar-refractivity contribution < 1.29 is 36.4 Å². The van der Waals surface area contributed by atoms with Gasteiger partial charge in [0.15, 0.2) is 5.82 Å². The molecule has 0 saturated carbocycles. The van der Waals surface area contributed by atoms with E-state index in [0.29, 0.717) is 10.7 Å². The molecule has 2 heterocycles. The average molecular weight is 457 g/mol. The Hall–Kier alpha value is -2.60. The summed E-state index contributed by atoms with van der Waals surface area (Å²) < 4.78 is 71.8. The SMILES string of the molecule is CCOc1cc(C(=O)Nc2cc(C(F)(F)F)n(C)n2)c(F)cc1B1OC(C)(C)C(C)(C)O1. The van der Waals surface area contributed by atoms with Gasteiger partial charge in [-0.2, -0.15) is 18.3 Å². The molecule has 12 heteroatoms. The fourth-order valence-electron chi connectivity index (χ4n) is 3.15. The van der Waals surface area contributed by atoms with Gasteiger partial charge in [-0.05, 0) is 46.8 Å². The van der Waals surface area contributed by atoms with Gasteiger partial charge < -0.3 is 19.4 Å². The molecule has 174 valence electrons. The fraction of sp³-hybridized carbons (Fsp3) is 0.500. The van der Waals surface area contributed by atoms with Crippen molar-refractivity contribution in [3.63, 3.8) is 0 Å². The Bertz CT molecular complexity index is 1020. The Labute approximate surface area is 183 Å². The molecule has 0 unspecified atom stereocenters. The third kappa shape index (κ3) is 4.47. The molecule has 1 aromatic heterocycles. The molecule has 0 bridgehead atoms. The van der Waals surface area contributed by atoms with Crippen LogP contribution in [0.15, 0.2) is 18.2 Å². The number of ether oxygens (including phenoxy) is 1. The summed E-state index contributed by atoms with van der Waals surface area (Å²) in [6.45, 7) is 9.29. The standard InChI is InChI=1S/C20H24BF4N3O4/c1-7-30-14-8-11(17(29)26-16-10-15(20(23,24)25)28(6)27-16)13(22)9-12(14)21-31-18(2,3)19(4,5)32-21/h8-10H,7H2,1-6H3,(H,26,27,29). The van der Waals surface area contributed by atoms with E-state index in [1.54, 1.807) is 6.92 Å². The Balaban J connectivity index is 1.92. The van der Waals surface area contributed by atoms with Crippen LogP contribution in [0.2, 0.25) is 0 Å². The first kappa shape index (κ1) is 24.1. The van der Waals surface area contributed by atoms with Crippen LogP contribution in [0.1, 0.15) is 50.7 Å². The second-order valence-electron chi connectivity index (χ2n) is 8.38. The molecule has 0 atom stereocenters. The van der Waals surface area contributed by atoms with E-state index >= 15 is 0 Å². The maximum atomic E-state index is 14.9. The van der Waals surface area contributed by atoms with Crippen molar-refractivity contribution in [1.82, 2.24) is 9.78 Å². The normalized spacial score (nSPS) is 17.5. The third-order valence-corrected chi connectivity index (χ3v) is 5.56. The maximum Gasteiger partial charge on any atom is 0.498 e. The van der Waals surface area contributed by atoms with Gasteiger partial charge in [-0.25, -0.2) is 4.39 Å². The predicted molar refractivity (Wildman–Crippen MR) is 109 cm³/mol. The van der Waals surface area contributed by atoms with Crippen molar-refractivity contribution in [3.05, 3.63) is 35.3 Å². The number of hydrogen-bond donors (Lipinski definition) is 1. The minimum atomic E-state index is -4.65. The molecule has 1 saturated heterocycles. The first-order valence-electron chi connectivity index (χ1n) is 9.90. The van der Waals surface area contributed by atoms with Crippen LogP contribution in [0.3, 0.4) is 0 Å². The number of carbonyl (C=O) groups excluding carboxylic acids is 1. The van der Waals surface area contributed by atoms with Crippen LogP contribution >= 0.6 is 0 Å². The number of aryl methyl sites for hydroxylation is 1. The lowest BCUT2D eigenvalue weighted by molar-refractivity contribution is -0.143. The van der Waals surface area contributed by atoms with E-state index in [2.05, 4.69) is 10.4 Å². The summed E-state index contributed by atoms with van der Waals surface area (Å²) in [5.74, 6) is -2.09. The Morgan fingerprint density at radius 1 is 1.19 bits per heavy atom. The van der Waals surface area contributed by atoms with Crippen molar-refractivity contribution in [2.45, 2.75) is 52.0 Å². The number of nitrogens with one attached hydrogen (secondary N) is 1. The molecule has 1 aliphatic heterocycles. The lowest BCUT2D eigenvalue weighted by Gasteiger charge is -2.32. The number of benzene rings is 1. The van der Waals surface area contributed by atoms with Gasteiger partial charge in [0.2, 0.25) is 0 Å². The molecule has 0 aliphatic carbocycles. The smallest absolute Gasteiger partial charge is 0.494 e.